The van der Waals surface area contributed by atoms with Crippen LogP contribution >= 0.6 is 15.9 Å². The molecular weight excluding hydrogens is 360 g/mol. The lowest BCUT2D eigenvalue weighted by Crippen LogP contribution is -2.29. The number of benzene rings is 2. The SMILES string of the molecule is CC1(C)C2=CC(c3ccc(Br)cc3)=CC(=O)C2=Cc2ccccc21. The van der Waals surface area contributed by atoms with Gasteiger partial charge in [-0.25, -0.2) is 0 Å². The van der Waals surface area contributed by atoms with Crippen LogP contribution in [0.1, 0.15) is 30.5 Å². The summed E-state index contributed by atoms with van der Waals surface area (Å²) in [6, 6.07) is 16.4. The van der Waals surface area contributed by atoms with Gasteiger partial charge in [-0.1, -0.05) is 66.2 Å². The Morgan fingerprint density at radius 3 is 2.33 bits per heavy atom. The Morgan fingerprint density at radius 2 is 1.58 bits per heavy atom. The molecule has 2 aliphatic rings. The number of allylic oxidation sites excluding steroid dienone is 5. The topological polar surface area (TPSA) is 17.1 Å². The summed E-state index contributed by atoms with van der Waals surface area (Å²) in [5.41, 5.74) is 6.19. The molecule has 0 atom stereocenters. The maximum Gasteiger partial charge on any atom is 0.186 e. The molecule has 0 saturated heterocycles. The molecule has 0 bridgehead atoms. The van der Waals surface area contributed by atoms with Crippen LogP contribution in [-0.2, 0) is 10.2 Å². The van der Waals surface area contributed by atoms with Gasteiger partial charge in [0, 0.05) is 15.5 Å². The largest absolute Gasteiger partial charge is 0.289 e. The molecule has 4 rings (SSSR count). The van der Waals surface area contributed by atoms with E-state index in [1.807, 2.05) is 36.4 Å². The number of hydrogen-bond acceptors (Lipinski definition) is 1. The Bertz CT molecular complexity index is 940. The van der Waals surface area contributed by atoms with Gasteiger partial charge in [0.2, 0.25) is 0 Å². The normalized spacial score (nSPS) is 18.1. The van der Waals surface area contributed by atoms with Gasteiger partial charge in [-0.2, -0.15) is 0 Å². The van der Waals surface area contributed by atoms with Crippen molar-refractivity contribution in [3.05, 3.63) is 93.0 Å². The van der Waals surface area contributed by atoms with Crippen molar-refractivity contribution in [2.75, 3.05) is 0 Å². The van der Waals surface area contributed by atoms with E-state index in [4.69, 9.17) is 0 Å². The smallest absolute Gasteiger partial charge is 0.186 e. The van der Waals surface area contributed by atoms with Gasteiger partial charge in [0.15, 0.2) is 5.78 Å². The number of fused-ring (bicyclic) bond motifs is 2. The van der Waals surface area contributed by atoms with E-state index in [9.17, 15) is 4.79 Å². The van der Waals surface area contributed by atoms with Crippen LogP contribution in [0.15, 0.2) is 76.3 Å². The first-order chi connectivity index (χ1) is 11.5. The van der Waals surface area contributed by atoms with Gasteiger partial charge in [-0.3, -0.25) is 4.79 Å². The first kappa shape index (κ1) is 15.3. The highest BCUT2D eigenvalue weighted by molar-refractivity contribution is 9.10. The number of hydrogen-bond donors (Lipinski definition) is 0. The van der Waals surface area contributed by atoms with E-state index in [1.165, 1.54) is 5.56 Å². The summed E-state index contributed by atoms with van der Waals surface area (Å²) in [7, 11) is 0. The quantitative estimate of drug-likeness (QED) is 0.622. The van der Waals surface area contributed by atoms with Gasteiger partial charge in [0.05, 0.1) is 0 Å². The summed E-state index contributed by atoms with van der Waals surface area (Å²) < 4.78 is 1.04. The highest BCUT2D eigenvalue weighted by Crippen LogP contribution is 2.45. The lowest BCUT2D eigenvalue weighted by molar-refractivity contribution is -0.111. The fourth-order valence-electron chi connectivity index (χ4n) is 3.59. The Morgan fingerprint density at radius 1 is 0.875 bits per heavy atom. The van der Waals surface area contributed by atoms with Crippen LogP contribution in [0.25, 0.3) is 11.6 Å². The lowest BCUT2D eigenvalue weighted by Gasteiger charge is -2.36. The van der Waals surface area contributed by atoms with Crippen molar-refractivity contribution in [2.45, 2.75) is 19.3 Å². The molecule has 0 fully saturated rings. The zero-order chi connectivity index (χ0) is 16.9. The Kier molecular flexibility index (Phi) is 3.47. The van der Waals surface area contributed by atoms with E-state index in [1.54, 1.807) is 6.08 Å². The van der Waals surface area contributed by atoms with Crippen LogP contribution in [-0.4, -0.2) is 5.78 Å². The molecule has 0 aromatic heterocycles. The van der Waals surface area contributed by atoms with E-state index < -0.39 is 0 Å². The van der Waals surface area contributed by atoms with Gasteiger partial charge in [-0.15, -0.1) is 0 Å². The third-order valence-electron chi connectivity index (χ3n) is 4.93. The molecular formula is C22H17BrO. The second-order valence-corrected chi connectivity index (χ2v) is 7.71. The number of carbonyl (C=O) groups is 1. The third kappa shape index (κ3) is 2.33. The fraction of sp³-hybridized carbons (Fsp3) is 0.136. The fourth-order valence-corrected chi connectivity index (χ4v) is 3.86. The Balaban J connectivity index is 1.89. The lowest BCUT2D eigenvalue weighted by atomic mass is 9.66. The Hall–Kier alpha value is -2.19. The van der Waals surface area contributed by atoms with Crippen molar-refractivity contribution in [2.24, 2.45) is 0 Å². The van der Waals surface area contributed by atoms with E-state index in [0.717, 1.165) is 32.3 Å². The average molecular weight is 377 g/mol. The second-order valence-electron chi connectivity index (χ2n) is 6.80. The molecule has 118 valence electrons. The number of rotatable bonds is 1. The summed E-state index contributed by atoms with van der Waals surface area (Å²) in [6.45, 7) is 4.39. The van der Waals surface area contributed by atoms with Gasteiger partial charge < -0.3 is 0 Å². The molecule has 2 heteroatoms. The van der Waals surface area contributed by atoms with E-state index in [-0.39, 0.29) is 11.2 Å². The number of halogens is 1. The molecule has 1 nitrogen and oxygen atoms in total. The molecule has 0 unspecified atom stereocenters. The molecule has 0 aliphatic heterocycles. The summed E-state index contributed by atoms with van der Waals surface area (Å²) in [5.74, 6) is 0.0907. The van der Waals surface area contributed by atoms with Crippen molar-refractivity contribution in [3.63, 3.8) is 0 Å². The van der Waals surface area contributed by atoms with Crippen molar-refractivity contribution in [3.8, 4) is 0 Å². The summed E-state index contributed by atoms with van der Waals surface area (Å²) in [4.78, 5) is 12.8. The summed E-state index contributed by atoms with van der Waals surface area (Å²) in [5, 5.41) is 0. The standard InChI is InChI=1S/C22H17BrO/c1-22(2)19-6-4-3-5-15(19)11-18-20(22)12-16(13-21(18)24)14-7-9-17(23)10-8-14/h3-13H,1-2H3. The van der Waals surface area contributed by atoms with E-state index in [0.29, 0.717) is 0 Å². The van der Waals surface area contributed by atoms with Crippen LogP contribution in [0, 0.1) is 0 Å². The zero-order valence-electron chi connectivity index (χ0n) is 13.6. The summed E-state index contributed by atoms with van der Waals surface area (Å²) in [6.07, 6.45) is 5.96. The van der Waals surface area contributed by atoms with E-state index in [2.05, 4.69) is 54.1 Å². The van der Waals surface area contributed by atoms with Crippen molar-refractivity contribution in [1.82, 2.24) is 0 Å². The molecule has 2 aromatic carbocycles. The van der Waals surface area contributed by atoms with Gasteiger partial charge >= 0.3 is 0 Å². The van der Waals surface area contributed by atoms with Crippen molar-refractivity contribution < 1.29 is 4.79 Å². The van der Waals surface area contributed by atoms with Crippen LogP contribution < -0.4 is 0 Å². The monoisotopic (exact) mass is 376 g/mol. The van der Waals surface area contributed by atoms with Gasteiger partial charge in [0.1, 0.15) is 0 Å². The maximum atomic E-state index is 12.8. The molecule has 0 saturated carbocycles. The first-order valence-corrected chi connectivity index (χ1v) is 8.82. The molecule has 0 N–H and O–H groups in total. The van der Waals surface area contributed by atoms with Crippen LogP contribution in [0.2, 0.25) is 0 Å². The molecule has 24 heavy (non-hydrogen) atoms. The van der Waals surface area contributed by atoms with Gasteiger partial charge in [-0.05, 0) is 58.2 Å². The number of ketones is 1. The molecule has 0 amide bonds. The predicted octanol–water partition coefficient (Wildman–Crippen LogP) is 5.72. The molecule has 0 spiro atoms. The van der Waals surface area contributed by atoms with Gasteiger partial charge in [0.25, 0.3) is 0 Å². The molecule has 0 heterocycles. The van der Waals surface area contributed by atoms with E-state index >= 15 is 0 Å². The molecule has 2 aliphatic carbocycles. The van der Waals surface area contributed by atoms with Crippen molar-refractivity contribution in [1.29, 1.82) is 0 Å². The minimum Gasteiger partial charge on any atom is -0.289 e. The van der Waals surface area contributed by atoms with Crippen LogP contribution in [0.3, 0.4) is 0 Å². The highest BCUT2D eigenvalue weighted by Gasteiger charge is 2.36. The minimum atomic E-state index is -0.189. The maximum absolute atomic E-state index is 12.8. The zero-order valence-corrected chi connectivity index (χ0v) is 15.2. The highest BCUT2D eigenvalue weighted by atomic mass is 79.9. The minimum absolute atomic E-state index is 0.0907. The molecule has 0 radical (unpaired) electrons. The third-order valence-corrected chi connectivity index (χ3v) is 5.46. The van der Waals surface area contributed by atoms with Crippen LogP contribution in [0.4, 0.5) is 0 Å². The number of carbonyl (C=O) groups excluding carboxylic acids is 1. The first-order valence-electron chi connectivity index (χ1n) is 8.02. The second kappa shape index (κ2) is 5.42. The summed E-state index contributed by atoms with van der Waals surface area (Å²) >= 11 is 3.46. The Labute approximate surface area is 150 Å². The average Bonchev–Trinajstić information content (AvgIpc) is 2.57. The molecule has 2 aromatic rings. The van der Waals surface area contributed by atoms with Crippen molar-refractivity contribution >= 4 is 33.4 Å². The predicted molar refractivity (Wildman–Crippen MR) is 103 cm³/mol. The van der Waals surface area contributed by atoms with Crippen LogP contribution in [0.5, 0.6) is 0 Å².